The first-order chi connectivity index (χ1) is 9.95. The van der Waals surface area contributed by atoms with E-state index in [9.17, 15) is 9.59 Å². The molecule has 0 bridgehead atoms. The minimum atomic E-state index is -1.04. The first-order valence-corrected chi connectivity index (χ1v) is 6.91. The molecule has 1 amide bonds. The Labute approximate surface area is 123 Å². The Balaban J connectivity index is 1.85. The minimum Gasteiger partial charge on any atom is -0.483 e. The lowest BCUT2D eigenvalue weighted by atomic mass is 10.2. The predicted molar refractivity (Wildman–Crippen MR) is 73.8 cm³/mol. The summed E-state index contributed by atoms with van der Waals surface area (Å²) in [6.45, 7) is 3.49. The van der Waals surface area contributed by atoms with Crippen LogP contribution in [0.25, 0.3) is 0 Å². The standard InChI is InChI=1S/C12H13N3O5S/c1-6(2)10-14-15-12(20-10)13-9(16)4-19-7-3-8(11(17)18)21-5-7/h3,5-6H,4H2,1-2H3,(H,17,18)(H,13,15,16). The van der Waals surface area contributed by atoms with E-state index in [1.807, 2.05) is 13.8 Å². The molecule has 0 radical (unpaired) electrons. The van der Waals surface area contributed by atoms with Gasteiger partial charge in [0, 0.05) is 17.4 Å². The lowest BCUT2D eigenvalue weighted by Crippen LogP contribution is -2.20. The molecule has 2 aromatic rings. The number of aromatic carboxylic acids is 1. The van der Waals surface area contributed by atoms with Gasteiger partial charge in [-0.2, -0.15) is 0 Å². The van der Waals surface area contributed by atoms with Crippen molar-refractivity contribution in [2.24, 2.45) is 0 Å². The van der Waals surface area contributed by atoms with E-state index < -0.39 is 11.9 Å². The van der Waals surface area contributed by atoms with E-state index in [1.165, 1.54) is 11.4 Å². The number of hydrogen-bond donors (Lipinski definition) is 2. The van der Waals surface area contributed by atoms with Gasteiger partial charge in [0.15, 0.2) is 6.61 Å². The van der Waals surface area contributed by atoms with Gasteiger partial charge in [-0.15, -0.1) is 16.4 Å². The number of amides is 1. The maximum Gasteiger partial charge on any atom is 0.346 e. The van der Waals surface area contributed by atoms with Crippen molar-refractivity contribution in [2.45, 2.75) is 19.8 Å². The Bertz CT molecular complexity index is 649. The first kappa shape index (κ1) is 15.0. The second-order valence-corrected chi connectivity index (χ2v) is 5.30. The Kier molecular flexibility index (Phi) is 4.53. The second kappa shape index (κ2) is 6.35. The van der Waals surface area contributed by atoms with Gasteiger partial charge in [-0.1, -0.05) is 18.9 Å². The fraction of sp³-hybridized carbons (Fsp3) is 0.333. The third kappa shape index (κ3) is 4.02. The lowest BCUT2D eigenvalue weighted by molar-refractivity contribution is -0.118. The smallest absolute Gasteiger partial charge is 0.346 e. The summed E-state index contributed by atoms with van der Waals surface area (Å²) in [5.74, 6) is -0.695. The Hall–Kier alpha value is -2.42. The zero-order chi connectivity index (χ0) is 15.4. The maximum atomic E-state index is 11.6. The Morgan fingerprint density at radius 1 is 1.48 bits per heavy atom. The summed E-state index contributed by atoms with van der Waals surface area (Å²) in [6.07, 6.45) is 0. The number of carboxylic acid groups (broad SMARTS) is 1. The highest BCUT2D eigenvalue weighted by atomic mass is 32.1. The highest BCUT2D eigenvalue weighted by Gasteiger charge is 2.13. The van der Waals surface area contributed by atoms with Crippen LogP contribution in [0, 0.1) is 0 Å². The number of aromatic nitrogens is 2. The van der Waals surface area contributed by atoms with E-state index in [-0.39, 0.29) is 23.4 Å². The largest absolute Gasteiger partial charge is 0.483 e. The molecule has 112 valence electrons. The Morgan fingerprint density at radius 3 is 2.81 bits per heavy atom. The van der Waals surface area contributed by atoms with Gasteiger partial charge in [0.05, 0.1) is 0 Å². The number of nitrogens with one attached hydrogen (secondary N) is 1. The van der Waals surface area contributed by atoms with Gasteiger partial charge in [0.25, 0.3) is 5.91 Å². The normalized spacial score (nSPS) is 10.6. The maximum absolute atomic E-state index is 11.6. The molecule has 0 fully saturated rings. The van der Waals surface area contributed by atoms with Crippen molar-refractivity contribution >= 4 is 29.2 Å². The molecule has 0 saturated carbocycles. The minimum absolute atomic E-state index is 0.00356. The number of carboxylic acids is 1. The molecule has 0 spiro atoms. The summed E-state index contributed by atoms with van der Waals surface area (Å²) in [5.41, 5.74) is 0. The van der Waals surface area contributed by atoms with Crippen molar-refractivity contribution in [1.29, 1.82) is 0 Å². The van der Waals surface area contributed by atoms with Crippen molar-refractivity contribution in [3.05, 3.63) is 22.2 Å². The molecule has 2 rings (SSSR count). The van der Waals surface area contributed by atoms with Crippen molar-refractivity contribution < 1.29 is 23.8 Å². The molecule has 0 atom stereocenters. The van der Waals surface area contributed by atoms with E-state index in [2.05, 4.69) is 15.5 Å². The van der Waals surface area contributed by atoms with Gasteiger partial charge >= 0.3 is 12.0 Å². The molecule has 0 aliphatic heterocycles. The number of anilines is 1. The number of hydrogen-bond acceptors (Lipinski definition) is 7. The van der Waals surface area contributed by atoms with E-state index >= 15 is 0 Å². The SMILES string of the molecule is CC(C)c1nnc(NC(=O)COc2csc(C(=O)O)c2)o1. The monoisotopic (exact) mass is 311 g/mol. The second-order valence-electron chi connectivity index (χ2n) is 4.39. The molecule has 8 nitrogen and oxygen atoms in total. The summed E-state index contributed by atoms with van der Waals surface area (Å²) in [7, 11) is 0. The van der Waals surface area contributed by atoms with Crippen LogP contribution in [0.3, 0.4) is 0 Å². The van der Waals surface area contributed by atoms with Gasteiger partial charge < -0.3 is 14.3 Å². The van der Waals surface area contributed by atoms with Crippen LogP contribution in [0.1, 0.15) is 35.3 Å². The van der Waals surface area contributed by atoms with Crippen LogP contribution < -0.4 is 10.1 Å². The molecular weight excluding hydrogens is 298 g/mol. The van der Waals surface area contributed by atoms with Crippen LogP contribution in [0.4, 0.5) is 6.01 Å². The number of rotatable bonds is 6. The van der Waals surface area contributed by atoms with Crippen molar-refractivity contribution in [3.8, 4) is 5.75 Å². The third-order valence-corrected chi connectivity index (χ3v) is 3.23. The topological polar surface area (TPSA) is 115 Å². The molecule has 2 N–H and O–H groups in total. The molecule has 21 heavy (non-hydrogen) atoms. The predicted octanol–water partition coefficient (Wildman–Crippen LogP) is 1.97. The fourth-order valence-corrected chi connectivity index (χ4v) is 1.99. The molecule has 0 aromatic carbocycles. The van der Waals surface area contributed by atoms with Crippen LogP contribution in [0.5, 0.6) is 5.75 Å². The van der Waals surface area contributed by atoms with Crippen molar-refractivity contribution in [3.63, 3.8) is 0 Å². The summed E-state index contributed by atoms with van der Waals surface area (Å²) < 4.78 is 10.4. The van der Waals surface area contributed by atoms with E-state index in [1.54, 1.807) is 0 Å². The number of carbonyl (C=O) groups is 2. The fourth-order valence-electron chi connectivity index (χ4n) is 1.33. The van der Waals surface area contributed by atoms with Crippen LogP contribution in [0.15, 0.2) is 15.9 Å². The summed E-state index contributed by atoms with van der Waals surface area (Å²) in [6, 6.07) is 1.35. The zero-order valence-electron chi connectivity index (χ0n) is 11.3. The average molecular weight is 311 g/mol. The molecule has 2 heterocycles. The molecule has 0 aliphatic rings. The quantitative estimate of drug-likeness (QED) is 0.838. The van der Waals surface area contributed by atoms with Crippen molar-refractivity contribution in [2.75, 3.05) is 11.9 Å². The molecule has 0 saturated heterocycles. The summed E-state index contributed by atoms with van der Waals surface area (Å²) >= 11 is 1.02. The lowest BCUT2D eigenvalue weighted by Gasteiger charge is -2.02. The highest BCUT2D eigenvalue weighted by molar-refractivity contribution is 7.12. The molecular formula is C12H13N3O5S. The molecule has 2 aromatic heterocycles. The summed E-state index contributed by atoms with van der Waals surface area (Å²) in [5, 5.41) is 20.1. The highest BCUT2D eigenvalue weighted by Crippen LogP contribution is 2.21. The van der Waals surface area contributed by atoms with Crippen LogP contribution >= 0.6 is 11.3 Å². The van der Waals surface area contributed by atoms with E-state index in [4.69, 9.17) is 14.3 Å². The third-order valence-electron chi connectivity index (χ3n) is 2.34. The average Bonchev–Trinajstić information content (AvgIpc) is 3.05. The summed E-state index contributed by atoms with van der Waals surface area (Å²) in [4.78, 5) is 22.5. The zero-order valence-corrected chi connectivity index (χ0v) is 12.1. The van der Waals surface area contributed by atoms with E-state index in [0.29, 0.717) is 11.6 Å². The van der Waals surface area contributed by atoms with Crippen molar-refractivity contribution in [1.82, 2.24) is 10.2 Å². The number of carbonyl (C=O) groups excluding carboxylic acids is 1. The van der Waals surface area contributed by atoms with Gasteiger partial charge in [0.2, 0.25) is 5.89 Å². The molecule has 9 heteroatoms. The van der Waals surface area contributed by atoms with Gasteiger partial charge in [-0.25, -0.2) is 4.79 Å². The number of thiophene rings is 1. The molecule has 0 unspecified atom stereocenters. The Morgan fingerprint density at radius 2 is 2.24 bits per heavy atom. The van der Waals surface area contributed by atoms with Gasteiger partial charge in [-0.05, 0) is 0 Å². The number of ether oxygens (including phenoxy) is 1. The van der Waals surface area contributed by atoms with Gasteiger partial charge in [0.1, 0.15) is 10.6 Å². The van der Waals surface area contributed by atoms with Crippen LogP contribution in [0.2, 0.25) is 0 Å². The van der Waals surface area contributed by atoms with E-state index in [0.717, 1.165) is 11.3 Å². The number of nitrogens with zero attached hydrogens (tertiary/aromatic N) is 2. The first-order valence-electron chi connectivity index (χ1n) is 6.03. The van der Waals surface area contributed by atoms with Crippen LogP contribution in [-0.4, -0.2) is 33.8 Å². The van der Waals surface area contributed by atoms with Crippen LogP contribution in [-0.2, 0) is 4.79 Å². The molecule has 0 aliphatic carbocycles. The van der Waals surface area contributed by atoms with Gasteiger partial charge in [-0.3, -0.25) is 10.1 Å².